The lowest BCUT2D eigenvalue weighted by atomic mass is 9.73. The summed E-state index contributed by atoms with van der Waals surface area (Å²) in [6, 6.07) is 0. The third kappa shape index (κ3) is 4.19. The monoisotopic (exact) mass is 372 g/mol. The van der Waals surface area contributed by atoms with Crippen LogP contribution in [0.3, 0.4) is 0 Å². The molecule has 6 nitrogen and oxygen atoms in total. The van der Waals surface area contributed by atoms with E-state index in [0.29, 0.717) is 38.6 Å². The normalized spacial score (nSPS) is 31.9. The lowest BCUT2D eigenvalue weighted by Gasteiger charge is -2.43. The van der Waals surface area contributed by atoms with E-state index in [1.807, 2.05) is 4.90 Å². The first kappa shape index (κ1) is 19.1. The fraction of sp³-hybridized carbons (Fsp3) is 0.944. The first-order valence-electron chi connectivity index (χ1n) is 9.56. The number of rotatable bonds is 5. The minimum Gasteiger partial charge on any atom is -0.384 e. The predicted octanol–water partition coefficient (Wildman–Crippen LogP) is 1.71. The Labute approximate surface area is 151 Å². The topological polar surface area (TPSA) is 66.9 Å². The highest BCUT2D eigenvalue weighted by Gasteiger charge is 2.52. The van der Waals surface area contributed by atoms with E-state index < -0.39 is 10.0 Å². The number of sulfonamides is 1. The van der Waals surface area contributed by atoms with E-state index in [-0.39, 0.29) is 17.2 Å². The van der Waals surface area contributed by atoms with Gasteiger partial charge in [-0.05, 0) is 31.1 Å². The molecule has 7 heteroatoms. The van der Waals surface area contributed by atoms with E-state index in [2.05, 4.69) is 0 Å². The van der Waals surface area contributed by atoms with Crippen molar-refractivity contribution in [2.24, 2.45) is 17.3 Å². The van der Waals surface area contributed by atoms with Crippen LogP contribution < -0.4 is 0 Å². The molecule has 0 spiro atoms. The van der Waals surface area contributed by atoms with Gasteiger partial charge in [-0.25, -0.2) is 12.7 Å². The summed E-state index contributed by atoms with van der Waals surface area (Å²) in [7, 11) is -1.53. The number of carbonyl (C=O) groups is 1. The van der Waals surface area contributed by atoms with Crippen molar-refractivity contribution in [1.82, 2.24) is 9.21 Å². The van der Waals surface area contributed by atoms with Crippen LogP contribution in [0, 0.1) is 17.3 Å². The van der Waals surface area contributed by atoms with Crippen LogP contribution in [0.25, 0.3) is 0 Å². The molecule has 0 aromatic rings. The lowest BCUT2D eigenvalue weighted by Crippen LogP contribution is -2.51. The van der Waals surface area contributed by atoms with E-state index in [1.165, 1.54) is 38.4 Å². The SMILES string of the molecule is COC[C@@]12CCN(C(=O)CC3CCCCC3)C[C@@H]1CN(S(C)(=O)=O)C2. The number of carbonyl (C=O) groups excluding carboxylic acids is 1. The first-order valence-corrected chi connectivity index (χ1v) is 11.4. The molecule has 0 bridgehead atoms. The summed E-state index contributed by atoms with van der Waals surface area (Å²) in [5.74, 6) is 0.977. The largest absolute Gasteiger partial charge is 0.384 e. The van der Waals surface area contributed by atoms with Crippen molar-refractivity contribution in [2.75, 3.05) is 46.2 Å². The Bertz CT molecular complexity index is 588. The molecule has 0 aromatic heterocycles. The molecule has 1 aliphatic carbocycles. The predicted molar refractivity (Wildman–Crippen MR) is 96.6 cm³/mol. The quantitative estimate of drug-likeness (QED) is 0.737. The van der Waals surface area contributed by atoms with Crippen LogP contribution >= 0.6 is 0 Å². The van der Waals surface area contributed by atoms with E-state index >= 15 is 0 Å². The van der Waals surface area contributed by atoms with E-state index in [0.717, 1.165) is 13.0 Å². The van der Waals surface area contributed by atoms with Crippen LogP contribution in [0.4, 0.5) is 0 Å². The summed E-state index contributed by atoms with van der Waals surface area (Å²) in [6.45, 7) is 2.99. The van der Waals surface area contributed by atoms with Crippen LogP contribution in [-0.2, 0) is 19.6 Å². The van der Waals surface area contributed by atoms with Crippen LogP contribution in [0.5, 0.6) is 0 Å². The smallest absolute Gasteiger partial charge is 0.222 e. The molecule has 2 aliphatic heterocycles. The molecule has 2 heterocycles. The summed E-state index contributed by atoms with van der Waals surface area (Å²) in [6.07, 6.45) is 8.93. The number of ether oxygens (including phenoxy) is 1. The molecule has 0 unspecified atom stereocenters. The van der Waals surface area contributed by atoms with E-state index in [9.17, 15) is 13.2 Å². The number of fused-ring (bicyclic) bond motifs is 1. The van der Waals surface area contributed by atoms with Crippen LogP contribution in [0.15, 0.2) is 0 Å². The maximum Gasteiger partial charge on any atom is 0.222 e. The fourth-order valence-electron chi connectivity index (χ4n) is 5.00. The molecule has 1 saturated carbocycles. The van der Waals surface area contributed by atoms with Crippen LogP contribution in [0.2, 0.25) is 0 Å². The third-order valence-electron chi connectivity index (χ3n) is 6.54. The second-order valence-electron chi connectivity index (χ2n) is 8.35. The number of nitrogens with zero attached hydrogens (tertiary/aromatic N) is 2. The number of hydrogen-bond acceptors (Lipinski definition) is 4. The second-order valence-corrected chi connectivity index (χ2v) is 10.3. The molecule has 2 atom stereocenters. The Hall–Kier alpha value is -0.660. The summed E-state index contributed by atoms with van der Waals surface area (Å²) < 4.78 is 31.0. The fourth-order valence-corrected chi connectivity index (χ4v) is 5.95. The van der Waals surface area contributed by atoms with Gasteiger partial charge in [-0.3, -0.25) is 4.79 Å². The van der Waals surface area contributed by atoms with E-state index in [4.69, 9.17) is 4.74 Å². The molecule has 0 radical (unpaired) electrons. The molecule has 3 fully saturated rings. The van der Waals surface area contributed by atoms with Crippen molar-refractivity contribution in [1.29, 1.82) is 0 Å². The summed E-state index contributed by atoms with van der Waals surface area (Å²) in [4.78, 5) is 14.7. The van der Waals surface area contributed by atoms with Crippen molar-refractivity contribution in [3.8, 4) is 0 Å². The Morgan fingerprint density at radius 1 is 1.20 bits per heavy atom. The Morgan fingerprint density at radius 2 is 1.92 bits per heavy atom. The summed E-state index contributed by atoms with van der Waals surface area (Å²) in [5.41, 5.74) is -0.139. The average molecular weight is 373 g/mol. The van der Waals surface area contributed by atoms with Gasteiger partial charge in [-0.1, -0.05) is 19.3 Å². The Balaban J connectivity index is 1.65. The zero-order chi connectivity index (χ0) is 18.1. The zero-order valence-corrected chi connectivity index (χ0v) is 16.4. The van der Waals surface area contributed by atoms with Crippen LogP contribution in [-0.4, -0.2) is 69.7 Å². The third-order valence-corrected chi connectivity index (χ3v) is 7.76. The van der Waals surface area contributed by atoms with Crippen molar-refractivity contribution >= 4 is 15.9 Å². The van der Waals surface area contributed by atoms with Gasteiger partial charge in [0, 0.05) is 45.1 Å². The van der Waals surface area contributed by atoms with Gasteiger partial charge in [0.15, 0.2) is 0 Å². The van der Waals surface area contributed by atoms with Crippen molar-refractivity contribution in [3.05, 3.63) is 0 Å². The number of hydrogen-bond donors (Lipinski definition) is 0. The molecular formula is C18H32N2O4S. The molecule has 0 aromatic carbocycles. The van der Waals surface area contributed by atoms with Gasteiger partial charge in [-0.2, -0.15) is 0 Å². The molecule has 3 aliphatic rings. The number of piperidine rings is 1. The van der Waals surface area contributed by atoms with Gasteiger partial charge >= 0.3 is 0 Å². The van der Waals surface area contributed by atoms with Gasteiger partial charge in [0.25, 0.3) is 0 Å². The molecule has 144 valence electrons. The molecule has 2 saturated heterocycles. The van der Waals surface area contributed by atoms with Crippen LogP contribution in [0.1, 0.15) is 44.9 Å². The van der Waals surface area contributed by atoms with Crippen molar-refractivity contribution in [2.45, 2.75) is 44.9 Å². The maximum atomic E-state index is 12.8. The maximum absolute atomic E-state index is 12.8. The molecule has 25 heavy (non-hydrogen) atoms. The van der Waals surface area contributed by atoms with E-state index in [1.54, 1.807) is 11.4 Å². The second kappa shape index (κ2) is 7.53. The van der Waals surface area contributed by atoms with Gasteiger partial charge in [0.1, 0.15) is 0 Å². The standard InChI is InChI=1S/C18H32N2O4S/c1-24-14-18-8-9-19(17(21)10-15-6-4-3-5-7-15)11-16(18)12-20(13-18)25(2,22)23/h15-16H,3-14H2,1-2H3/t16-,18+/m1/s1. The van der Waals surface area contributed by atoms with Gasteiger partial charge in [0.2, 0.25) is 15.9 Å². The lowest BCUT2D eigenvalue weighted by molar-refractivity contribution is -0.136. The average Bonchev–Trinajstić information content (AvgIpc) is 2.95. The molecule has 0 N–H and O–H groups in total. The zero-order valence-electron chi connectivity index (χ0n) is 15.6. The highest BCUT2D eigenvalue weighted by atomic mass is 32.2. The van der Waals surface area contributed by atoms with Crippen molar-refractivity contribution in [3.63, 3.8) is 0 Å². The minimum atomic E-state index is -3.20. The summed E-state index contributed by atoms with van der Waals surface area (Å²) >= 11 is 0. The highest BCUT2D eigenvalue weighted by molar-refractivity contribution is 7.88. The van der Waals surface area contributed by atoms with Gasteiger partial charge in [-0.15, -0.1) is 0 Å². The highest BCUT2D eigenvalue weighted by Crippen LogP contribution is 2.44. The Morgan fingerprint density at radius 3 is 2.56 bits per heavy atom. The van der Waals surface area contributed by atoms with Crippen molar-refractivity contribution < 1.29 is 17.9 Å². The molecular weight excluding hydrogens is 340 g/mol. The number of likely N-dealkylation sites (tertiary alicyclic amines) is 1. The van der Waals surface area contributed by atoms with Gasteiger partial charge in [0.05, 0.1) is 12.9 Å². The molecule has 1 amide bonds. The Kier molecular flexibility index (Phi) is 5.75. The number of amides is 1. The van der Waals surface area contributed by atoms with Gasteiger partial charge < -0.3 is 9.64 Å². The summed E-state index contributed by atoms with van der Waals surface area (Å²) in [5, 5.41) is 0. The first-order chi connectivity index (χ1) is 11.8. The minimum absolute atomic E-state index is 0.139. The number of methoxy groups -OCH3 is 1. The molecule has 3 rings (SSSR count).